The van der Waals surface area contributed by atoms with Gasteiger partial charge < -0.3 is 20.3 Å². The number of fused-ring (bicyclic) bond motifs is 1. The molecule has 2 N–H and O–H groups in total. The van der Waals surface area contributed by atoms with Crippen LogP contribution in [0.1, 0.15) is 25.0 Å². The van der Waals surface area contributed by atoms with Gasteiger partial charge in [0.05, 0.1) is 18.5 Å². The number of aliphatic imine (C=N–C) groups is 1. The van der Waals surface area contributed by atoms with Crippen molar-refractivity contribution in [3.63, 3.8) is 0 Å². The molecule has 162 valence electrons. The lowest BCUT2D eigenvalue weighted by molar-refractivity contribution is -0.143. The third-order valence-electron chi connectivity index (χ3n) is 5.07. The van der Waals surface area contributed by atoms with E-state index in [0.717, 1.165) is 11.1 Å². The number of urea groups is 1. The van der Waals surface area contributed by atoms with Crippen LogP contribution in [0.25, 0.3) is 0 Å². The van der Waals surface area contributed by atoms with Crippen LogP contribution in [0.2, 0.25) is 0 Å². The van der Waals surface area contributed by atoms with E-state index in [-0.39, 0.29) is 5.92 Å². The first-order valence-corrected chi connectivity index (χ1v) is 9.98. The second-order valence-electron chi connectivity index (χ2n) is 7.52. The topological polar surface area (TPSA) is 100 Å². The number of benzodiazepines with no additional fused rings is 1. The van der Waals surface area contributed by atoms with Crippen LogP contribution < -0.4 is 15.5 Å². The first-order valence-electron chi connectivity index (χ1n) is 9.98. The van der Waals surface area contributed by atoms with Gasteiger partial charge in [-0.2, -0.15) is 0 Å². The smallest absolute Gasteiger partial charge is 0.328 e. The number of anilines is 1. The fraction of sp³-hybridized carbons (Fsp3) is 0.304. The Labute approximate surface area is 181 Å². The fourth-order valence-corrected chi connectivity index (χ4v) is 3.37. The molecule has 2 aromatic rings. The maximum absolute atomic E-state index is 13.1. The molecule has 2 unspecified atom stereocenters. The van der Waals surface area contributed by atoms with Crippen molar-refractivity contribution in [1.29, 1.82) is 0 Å². The summed E-state index contributed by atoms with van der Waals surface area (Å²) in [6.45, 7) is 3.57. The number of para-hydroxylation sites is 1. The first-order chi connectivity index (χ1) is 14.8. The Balaban J connectivity index is 1.96. The van der Waals surface area contributed by atoms with Gasteiger partial charge in [-0.05, 0) is 12.0 Å². The number of ether oxygens (including phenoxy) is 1. The van der Waals surface area contributed by atoms with E-state index in [1.165, 1.54) is 12.0 Å². The summed E-state index contributed by atoms with van der Waals surface area (Å²) in [4.78, 5) is 43.8. The molecule has 3 rings (SSSR count). The van der Waals surface area contributed by atoms with Gasteiger partial charge in [0, 0.05) is 18.2 Å². The van der Waals surface area contributed by atoms with Crippen molar-refractivity contribution in [2.45, 2.75) is 26.1 Å². The maximum Gasteiger partial charge on any atom is 0.328 e. The number of carbonyl (C=O) groups is 3. The number of nitrogens with one attached hydrogen (secondary N) is 2. The Bertz CT molecular complexity index is 1000. The number of hydrogen-bond donors (Lipinski definition) is 2. The largest absolute Gasteiger partial charge is 0.467 e. The number of benzene rings is 2. The average molecular weight is 422 g/mol. The zero-order chi connectivity index (χ0) is 22.5. The van der Waals surface area contributed by atoms with E-state index in [2.05, 4.69) is 15.6 Å². The average Bonchev–Trinajstić information content (AvgIpc) is 2.88. The zero-order valence-corrected chi connectivity index (χ0v) is 18.0. The van der Waals surface area contributed by atoms with Gasteiger partial charge in [0.15, 0.2) is 0 Å². The number of likely N-dealkylation sites (N-methyl/N-ethyl adjacent to an activating group) is 1. The summed E-state index contributed by atoms with van der Waals surface area (Å²) in [7, 11) is 2.90. The quantitative estimate of drug-likeness (QED) is 0.722. The molecule has 1 heterocycles. The lowest BCUT2D eigenvalue weighted by atomic mass is 10.0. The van der Waals surface area contributed by atoms with Crippen molar-refractivity contribution in [1.82, 2.24) is 10.6 Å². The second-order valence-corrected chi connectivity index (χ2v) is 7.52. The number of carbonyl (C=O) groups excluding carboxylic acids is 3. The molecule has 0 fully saturated rings. The van der Waals surface area contributed by atoms with Crippen molar-refractivity contribution in [3.8, 4) is 0 Å². The summed E-state index contributed by atoms with van der Waals surface area (Å²) >= 11 is 0. The maximum atomic E-state index is 13.1. The van der Waals surface area contributed by atoms with E-state index < -0.39 is 30.1 Å². The lowest BCUT2D eigenvalue weighted by Gasteiger charge is -2.23. The molecule has 0 radical (unpaired) electrons. The van der Waals surface area contributed by atoms with Crippen molar-refractivity contribution in [2.75, 3.05) is 19.1 Å². The molecule has 0 aromatic heterocycles. The van der Waals surface area contributed by atoms with E-state index >= 15 is 0 Å². The van der Waals surface area contributed by atoms with Gasteiger partial charge in [-0.3, -0.25) is 4.79 Å². The Morgan fingerprint density at radius 2 is 1.71 bits per heavy atom. The Morgan fingerprint density at radius 1 is 1.06 bits per heavy atom. The van der Waals surface area contributed by atoms with Crippen LogP contribution in [-0.4, -0.2) is 50.0 Å². The number of esters is 1. The van der Waals surface area contributed by atoms with Crippen LogP contribution >= 0.6 is 0 Å². The number of amides is 3. The first kappa shape index (κ1) is 22.0. The molecule has 3 amide bonds. The third kappa shape index (κ3) is 4.74. The van der Waals surface area contributed by atoms with Gasteiger partial charge in [0.25, 0.3) is 5.91 Å². The van der Waals surface area contributed by atoms with E-state index in [1.54, 1.807) is 20.9 Å². The standard InChI is InChI=1S/C23H26N4O4/c1-14(2)18(22(29)31-4)25-23(30)26-20-21(28)27(3)17-13-9-8-12-16(17)19(24-20)15-10-6-5-7-11-15/h5-14,18,20H,1-4H3,(H2,25,26,30). The molecule has 0 saturated heterocycles. The Morgan fingerprint density at radius 3 is 2.35 bits per heavy atom. The molecule has 0 bridgehead atoms. The van der Waals surface area contributed by atoms with E-state index in [0.29, 0.717) is 11.4 Å². The van der Waals surface area contributed by atoms with E-state index in [4.69, 9.17) is 4.74 Å². The molecule has 2 aromatic carbocycles. The number of nitrogens with zero attached hydrogens (tertiary/aromatic N) is 2. The Kier molecular flexibility index (Phi) is 6.69. The van der Waals surface area contributed by atoms with Crippen LogP contribution in [0.4, 0.5) is 10.5 Å². The van der Waals surface area contributed by atoms with Crippen LogP contribution in [0.15, 0.2) is 59.6 Å². The van der Waals surface area contributed by atoms with Crippen molar-refractivity contribution >= 4 is 29.3 Å². The van der Waals surface area contributed by atoms with Gasteiger partial charge in [0.2, 0.25) is 6.17 Å². The molecule has 0 saturated carbocycles. The van der Waals surface area contributed by atoms with Crippen molar-refractivity contribution in [3.05, 3.63) is 65.7 Å². The SMILES string of the molecule is COC(=O)C(NC(=O)NC1N=C(c2ccccc2)c2ccccc2N(C)C1=O)C(C)C. The molecule has 31 heavy (non-hydrogen) atoms. The predicted octanol–water partition coefficient (Wildman–Crippen LogP) is 2.32. The van der Waals surface area contributed by atoms with Crippen LogP contribution in [0, 0.1) is 5.92 Å². The number of hydrogen-bond acceptors (Lipinski definition) is 5. The third-order valence-corrected chi connectivity index (χ3v) is 5.07. The monoisotopic (exact) mass is 422 g/mol. The highest BCUT2D eigenvalue weighted by Gasteiger charge is 2.32. The molecule has 1 aliphatic heterocycles. The van der Waals surface area contributed by atoms with E-state index in [1.807, 2.05) is 54.6 Å². The van der Waals surface area contributed by atoms with Crippen LogP contribution in [-0.2, 0) is 14.3 Å². The predicted molar refractivity (Wildman–Crippen MR) is 118 cm³/mol. The highest BCUT2D eigenvalue weighted by atomic mass is 16.5. The minimum atomic E-state index is -1.17. The van der Waals surface area contributed by atoms with Gasteiger partial charge in [0.1, 0.15) is 6.04 Å². The molecule has 0 spiro atoms. The molecule has 0 aliphatic carbocycles. The molecule has 8 nitrogen and oxygen atoms in total. The van der Waals surface area contributed by atoms with Gasteiger partial charge in [-0.15, -0.1) is 0 Å². The highest BCUT2D eigenvalue weighted by Crippen LogP contribution is 2.27. The normalized spacial score (nSPS) is 16.7. The molecule has 1 aliphatic rings. The summed E-state index contributed by atoms with van der Waals surface area (Å²) in [5.74, 6) is -1.15. The van der Waals surface area contributed by atoms with Gasteiger partial charge in [-0.1, -0.05) is 62.4 Å². The fourth-order valence-electron chi connectivity index (χ4n) is 3.37. The summed E-state index contributed by atoms with van der Waals surface area (Å²) in [5.41, 5.74) is 2.88. The molecular weight excluding hydrogens is 396 g/mol. The number of methoxy groups -OCH3 is 1. The van der Waals surface area contributed by atoms with Crippen LogP contribution in [0.3, 0.4) is 0 Å². The molecule has 8 heteroatoms. The summed E-state index contributed by atoms with van der Waals surface area (Å²) < 4.78 is 4.76. The Hall–Kier alpha value is -3.68. The van der Waals surface area contributed by atoms with Gasteiger partial charge >= 0.3 is 12.0 Å². The summed E-state index contributed by atoms with van der Waals surface area (Å²) in [5, 5.41) is 5.18. The van der Waals surface area contributed by atoms with Crippen LogP contribution in [0.5, 0.6) is 0 Å². The number of rotatable bonds is 5. The van der Waals surface area contributed by atoms with Crippen molar-refractivity contribution in [2.24, 2.45) is 10.9 Å². The van der Waals surface area contributed by atoms with Crippen molar-refractivity contribution < 1.29 is 19.1 Å². The highest BCUT2D eigenvalue weighted by molar-refractivity contribution is 6.20. The van der Waals surface area contributed by atoms with E-state index in [9.17, 15) is 14.4 Å². The zero-order valence-electron chi connectivity index (χ0n) is 18.0. The van der Waals surface area contributed by atoms with Gasteiger partial charge in [-0.25, -0.2) is 14.6 Å². The lowest BCUT2D eigenvalue weighted by Crippen LogP contribution is -2.54. The minimum absolute atomic E-state index is 0.196. The summed E-state index contributed by atoms with van der Waals surface area (Å²) in [6.07, 6.45) is -1.17. The minimum Gasteiger partial charge on any atom is -0.467 e. The molecule has 2 atom stereocenters. The molecular formula is C23H26N4O4. The summed E-state index contributed by atoms with van der Waals surface area (Å²) in [6, 6.07) is 15.4. The second kappa shape index (κ2) is 9.42.